The van der Waals surface area contributed by atoms with E-state index < -0.39 is 0 Å². The van der Waals surface area contributed by atoms with Gasteiger partial charge in [0.1, 0.15) is 5.69 Å². The molecule has 2 aromatic carbocycles. The molecule has 4 aromatic rings. The van der Waals surface area contributed by atoms with E-state index in [2.05, 4.69) is 21.0 Å². The van der Waals surface area contributed by atoms with Crippen molar-refractivity contribution in [2.45, 2.75) is 6.54 Å². The van der Waals surface area contributed by atoms with E-state index in [0.717, 1.165) is 26.0 Å². The number of amides is 1. The van der Waals surface area contributed by atoms with E-state index in [1.54, 1.807) is 4.90 Å². The first-order valence-electron chi connectivity index (χ1n) is 9.13. The number of hydrogen-bond acceptors (Lipinski definition) is 5. The first-order valence-corrected chi connectivity index (χ1v) is 10.8. The molecular weight excluding hydrogens is 464 g/mol. The molecule has 0 unspecified atom stereocenters. The molecule has 0 atom stereocenters. The maximum Gasteiger partial charge on any atom is 0.280 e. The van der Waals surface area contributed by atoms with Crippen LogP contribution < -0.4 is 10.5 Å². The quantitative estimate of drug-likeness (QED) is 0.421. The van der Waals surface area contributed by atoms with Gasteiger partial charge in [0, 0.05) is 28.5 Å². The van der Waals surface area contributed by atoms with Crippen LogP contribution in [0.2, 0.25) is 0 Å². The molecule has 0 aliphatic carbocycles. The monoisotopic (exact) mass is 480 g/mol. The van der Waals surface area contributed by atoms with E-state index in [9.17, 15) is 9.59 Å². The van der Waals surface area contributed by atoms with Crippen molar-refractivity contribution in [2.24, 2.45) is 7.05 Å². The molecule has 0 radical (unpaired) electrons. The Morgan fingerprint density at radius 1 is 1.07 bits per heavy atom. The zero-order valence-electron chi connectivity index (χ0n) is 16.0. The van der Waals surface area contributed by atoms with Crippen molar-refractivity contribution in [1.82, 2.24) is 14.8 Å². The van der Waals surface area contributed by atoms with Crippen molar-refractivity contribution < 1.29 is 4.79 Å². The molecule has 0 fully saturated rings. The minimum atomic E-state index is -0.314. The van der Waals surface area contributed by atoms with Crippen LogP contribution in [0.1, 0.15) is 16.1 Å². The number of aromatic nitrogens is 3. The molecule has 30 heavy (non-hydrogen) atoms. The molecule has 1 amide bonds. The number of nitrogens with zero attached hydrogens (tertiary/aromatic N) is 4. The van der Waals surface area contributed by atoms with Crippen LogP contribution in [0.25, 0.3) is 11.3 Å². The van der Waals surface area contributed by atoms with Gasteiger partial charge in [0.25, 0.3) is 11.5 Å². The molecule has 0 aliphatic heterocycles. The lowest BCUT2D eigenvalue weighted by Crippen LogP contribution is -2.33. The van der Waals surface area contributed by atoms with E-state index in [1.165, 1.54) is 30.5 Å². The number of anilines is 1. The number of carbonyl (C=O) groups is 1. The largest absolute Gasteiger partial charge is 0.280 e. The highest BCUT2D eigenvalue weighted by molar-refractivity contribution is 9.10. The SMILES string of the molecule is Cn1nc(C(=O)N(Cc2ccccc2)c2nc(-c3ccc(Br)cc3)cs2)ccc1=O. The predicted octanol–water partition coefficient (Wildman–Crippen LogP) is 4.51. The molecule has 4 rings (SSSR count). The van der Waals surface area contributed by atoms with Crippen LogP contribution in [-0.4, -0.2) is 20.7 Å². The first kappa shape index (κ1) is 20.2. The minimum absolute atomic E-state index is 0.188. The number of hydrogen-bond donors (Lipinski definition) is 0. The Kier molecular flexibility index (Phi) is 5.87. The molecule has 0 N–H and O–H groups in total. The Balaban J connectivity index is 1.71. The summed E-state index contributed by atoms with van der Waals surface area (Å²) in [5.41, 5.74) is 2.65. The molecule has 0 saturated heterocycles. The van der Waals surface area contributed by atoms with Crippen molar-refractivity contribution in [2.75, 3.05) is 4.90 Å². The summed E-state index contributed by atoms with van der Waals surface area (Å²) in [7, 11) is 1.52. The second-order valence-electron chi connectivity index (χ2n) is 6.58. The first-order chi connectivity index (χ1) is 14.5. The van der Waals surface area contributed by atoms with E-state index >= 15 is 0 Å². The summed E-state index contributed by atoms with van der Waals surface area (Å²) in [6.07, 6.45) is 0. The molecule has 150 valence electrons. The van der Waals surface area contributed by atoms with Gasteiger partial charge in [-0.1, -0.05) is 58.4 Å². The van der Waals surface area contributed by atoms with Gasteiger partial charge < -0.3 is 0 Å². The van der Waals surface area contributed by atoms with Crippen molar-refractivity contribution in [3.05, 3.63) is 98.2 Å². The Morgan fingerprint density at radius 3 is 2.50 bits per heavy atom. The standard InChI is InChI=1S/C22H17BrN4O2S/c1-26-20(28)12-11-18(25-26)21(29)27(13-15-5-3-2-4-6-15)22-24-19(14-30-22)16-7-9-17(23)10-8-16/h2-12,14H,13H2,1H3. The smallest absolute Gasteiger partial charge is 0.278 e. The number of aryl methyl sites for hydroxylation is 1. The lowest BCUT2D eigenvalue weighted by molar-refractivity contribution is 0.0978. The van der Waals surface area contributed by atoms with Crippen LogP contribution >= 0.6 is 27.3 Å². The minimum Gasteiger partial charge on any atom is -0.278 e. The molecule has 0 spiro atoms. The van der Waals surface area contributed by atoms with E-state index in [0.29, 0.717) is 11.7 Å². The number of rotatable bonds is 5. The lowest BCUT2D eigenvalue weighted by Gasteiger charge is -2.19. The maximum absolute atomic E-state index is 13.3. The summed E-state index contributed by atoms with van der Waals surface area (Å²) >= 11 is 4.83. The highest BCUT2D eigenvalue weighted by Crippen LogP contribution is 2.30. The third-order valence-corrected chi connectivity index (χ3v) is 5.86. The fourth-order valence-electron chi connectivity index (χ4n) is 2.89. The van der Waals surface area contributed by atoms with Crippen LogP contribution in [0.15, 0.2) is 81.4 Å². The van der Waals surface area contributed by atoms with Crippen molar-refractivity contribution in [3.8, 4) is 11.3 Å². The number of thiazole rings is 1. The molecule has 2 aromatic heterocycles. The summed E-state index contributed by atoms with van der Waals surface area (Å²) < 4.78 is 2.15. The van der Waals surface area contributed by atoms with Crippen molar-refractivity contribution in [1.29, 1.82) is 0 Å². The lowest BCUT2D eigenvalue weighted by atomic mass is 10.2. The van der Waals surface area contributed by atoms with Crippen LogP contribution in [0.5, 0.6) is 0 Å². The van der Waals surface area contributed by atoms with Crippen LogP contribution in [0.4, 0.5) is 5.13 Å². The molecular formula is C22H17BrN4O2S. The highest BCUT2D eigenvalue weighted by atomic mass is 79.9. The van der Waals surface area contributed by atoms with Crippen LogP contribution in [-0.2, 0) is 13.6 Å². The van der Waals surface area contributed by atoms with Gasteiger partial charge in [-0.15, -0.1) is 11.3 Å². The average Bonchev–Trinajstić information content (AvgIpc) is 3.24. The second kappa shape index (κ2) is 8.73. The number of halogens is 1. The third-order valence-electron chi connectivity index (χ3n) is 4.47. The Morgan fingerprint density at radius 2 is 1.80 bits per heavy atom. The molecule has 2 heterocycles. The molecule has 0 saturated carbocycles. The fraction of sp³-hybridized carbons (Fsp3) is 0.0909. The molecule has 8 heteroatoms. The summed E-state index contributed by atoms with van der Waals surface area (Å²) in [6, 6.07) is 20.3. The summed E-state index contributed by atoms with van der Waals surface area (Å²) in [5.74, 6) is -0.314. The molecule has 0 bridgehead atoms. The summed E-state index contributed by atoms with van der Waals surface area (Å²) in [6.45, 7) is 0.345. The topological polar surface area (TPSA) is 68.1 Å². The van der Waals surface area contributed by atoms with Crippen molar-refractivity contribution in [3.63, 3.8) is 0 Å². The van der Waals surface area contributed by atoms with Crippen molar-refractivity contribution >= 4 is 38.3 Å². The Bertz CT molecular complexity index is 1240. The van der Waals surface area contributed by atoms with E-state index in [1.807, 2.05) is 60.0 Å². The van der Waals surface area contributed by atoms with Crippen LogP contribution in [0.3, 0.4) is 0 Å². The van der Waals surface area contributed by atoms with Gasteiger partial charge in [0.15, 0.2) is 5.13 Å². The van der Waals surface area contributed by atoms with Gasteiger partial charge in [0.2, 0.25) is 0 Å². The normalized spacial score (nSPS) is 10.7. The van der Waals surface area contributed by atoms with Gasteiger partial charge in [-0.05, 0) is 23.8 Å². The fourth-order valence-corrected chi connectivity index (χ4v) is 3.98. The van der Waals surface area contributed by atoms with E-state index in [4.69, 9.17) is 4.98 Å². The van der Waals surface area contributed by atoms with Gasteiger partial charge >= 0.3 is 0 Å². The number of benzene rings is 2. The predicted molar refractivity (Wildman–Crippen MR) is 122 cm³/mol. The van der Waals surface area contributed by atoms with Gasteiger partial charge in [0.05, 0.1) is 12.2 Å². The van der Waals surface area contributed by atoms with Gasteiger partial charge in [-0.25, -0.2) is 9.67 Å². The maximum atomic E-state index is 13.3. The zero-order chi connectivity index (χ0) is 21.1. The Labute approximate surface area is 185 Å². The molecule has 6 nitrogen and oxygen atoms in total. The summed E-state index contributed by atoms with van der Waals surface area (Å²) in [4.78, 5) is 31.3. The average molecular weight is 481 g/mol. The van der Waals surface area contributed by atoms with Gasteiger partial charge in [-0.2, -0.15) is 5.10 Å². The van der Waals surface area contributed by atoms with E-state index in [-0.39, 0.29) is 17.2 Å². The summed E-state index contributed by atoms with van der Waals surface area (Å²) in [5, 5.41) is 6.62. The van der Waals surface area contributed by atoms with Crippen LogP contribution in [0, 0.1) is 0 Å². The third kappa shape index (κ3) is 4.39. The zero-order valence-corrected chi connectivity index (χ0v) is 18.4. The van der Waals surface area contributed by atoms with Gasteiger partial charge in [-0.3, -0.25) is 14.5 Å². The highest BCUT2D eigenvalue weighted by Gasteiger charge is 2.23. The Hall–Kier alpha value is -3.10. The number of carbonyl (C=O) groups excluding carboxylic acids is 1. The molecule has 0 aliphatic rings. The second-order valence-corrected chi connectivity index (χ2v) is 8.33.